The Labute approximate surface area is 159 Å². The number of H-pyrrole nitrogens is 1. The molecule has 0 atom stereocenters. The summed E-state index contributed by atoms with van der Waals surface area (Å²) in [6, 6.07) is 5.63. The van der Waals surface area contributed by atoms with Gasteiger partial charge in [-0.1, -0.05) is 25.0 Å². The monoisotopic (exact) mass is 389 g/mol. The molecule has 0 unspecified atom stereocenters. The highest BCUT2D eigenvalue weighted by atomic mass is 19.1. The molecule has 1 aromatic carbocycles. The number of benzene rings is 1. The van der Waals surface area contributed by atoms with Crippen LogP contribution in [-0.4, -0.2) is 27.9 Å². The molecular weight excluding hydrogens is 369 g/mol. The standard InChI is InChI=1S/C19H20FN3O5/c1-23-15(21)14(16(25)22-18(23)27)13(24)10-28-17(26)19(8-2-3-9-19)11-4-6-12(20)7-5-11/h4-7H,2-3,8-10,21H2,1H3,(H,22,25,27). The lowest BCUT2D eigenvalue weighted by molar-refractivity contribution is -0.149. The van der Waals surface area contributed by atoms with Crippen LogP contribution in [0.5, 0.6) is 0 Å². The van der Waals surface area contributed by atoms with Gasteiger partial charge in [-0.3, -0.25) is 23.9 Å². The molecule has 0 spiro atoms. The van der Waals surface area contributed by atoms with Crippen molar-refractivity contribution in [2.75, 3.05) is 12.3 Å². The molecule has 0 radical (unpaired) electrons. The van der Waals surface area contributed by atoms with Crippen molar-refractivity contribution in [1.29, 1.82) is 0 Å². The summed E-state index contributed by atoms with van der Waals surface area (Å²) in [7, 11) is 1.30. The predicted octanol–water partition coefficient (Wildman–Crippen LogP) is 1.03. The number of Topliss-reactive ketones (excluding diaryl/α,β-unsaturated/α-hetero) is 1. The molecule has 9 heteroatoms. The molecule has 0 aliphatic heterocycles. The lowest BCUT2D eigenvalue weighted by Gasteiger charge is -2.27. The molecule has 1 heterocycles. The SMILES string of the molecule is Cn1c(N)c(C(=O)COC(=O)C2(c3ccc(F)cc3)CCCC2)c(=O)[nH]c1=O. The van der Waals surface area contributed by atoms with Gasteiger partial charge >= 0.3 is 11.7 Å². The average Bonchev–Trinajstić information content (AvgIpc) is 3.16. The van der Waals surface area contributed by atoms with Gasteiger partial charge in [-0.15, -0.1) is 0 Å². The summed E-state index contributed by atoms with van der Waals surface area (Å²) in [5, 5.41) is 0. The fraction of sp³-hybridized carbons (Fsp3) is 0.368. The predicted molar refractivity (Wildman–Crippen MR) is 98.6 cm³/mol. The van der Waals surface area contributed by atoms with Crippen LogP contribution < -0.4 is 17.0 Å². The number of nitrogen functional groups attached to an aromatic ring is 1. The lowest BCUT2D eigenvalue weighted by atomic mass is 9.79. The van der Waals surface area contributed by atoms with E-state index < -0.39 is 46.4 Å². The van der Waals surface area contributed by atoms with Crippen molar-refractivity contribution in [2.24, 2.45) is 7.05 Å². The summed E-state index contributed by atoms with van der Waals surface area (Å²) < 4.78 is 19.4. The number of ketones is 1. The number of hydrogen-bond donors (Lipinski definition) is 2. The van der Waals surface area contributed by atoms with Crippen molar-refractivity contribution < 1.29 is 18.7 Å². The maximum absolute atomic E-state index is 13.2. The highest BCUT2D eigenvalue weighted by molar-refractivity contribution is 6.01. The van der Waals surface area contributed by atoms with Crippen LogP contribution in [0.2, 0.25) is 0 Å². The molecule has 0 amide bonds. The molecule has 3 rings (SSSR count). The maximum Gasteiger partial charge on any atom is 0.329 e. The maximum atomic E-state index is 13.2. The second-order valence-electron chi connectivity index (χ2n) is 6.87. The third-order valence-corrected chi connectivity index (χ3v) is 5.23. The molecule has 28 heavy (non-hydrogen) atoms. The molecule has 8 nitrogen and oxygen atoms in total. The number of carbonyl (C=O) groups excluding carboxylic acids is 2. The van der Waals surface area contributed by atoms with E-state index in [4.69, 9.17) is 10.5 Å². The summed E-state index contributed by atoms with van der Waals surface area (Å²) in [5.74, 6) is -2.13. The minimum Gasteiger partial charge on any atom is -0.457 e. The smallest absolute Gasteiger partial charge is 0.329 e. The largest absolute Gasteiger partial charge is 0.457 e. The van der Waals surface area contributed by atoms with Crippen LogP contribution in [0.3, 0.4) is 0 Å². The fourth-order valence-electron chi connectivity index (χ4n) is 3.61. The van der Waals surface area contributed by atoms with Gasteiger partial charge in [0.2, 0.25) is 5.78 Å². The second kappa shape index (κ2) is 7.41. The first kappa shape index (κ1) is 19.5. The topological polar surface area (TPSA) is 124 Å². The Morgan fingerprint density at radius 3 is 2.43 bits per heavy atom. The number of ether oxygens (including phenoxy) is 1. The molecule has 1 saturated carbocycles. The number of rotatable bonds is 5. The van der Waals surface area contributed by atoms with Gasteiger partial charge in [-0.25, -0.2) is 9.18 Å². The van der Waals surface area contributed by atoms with Crippen molar-refractivity contribution in [2.45, 2.75) is 31.1 Å². The summed E-state index contributed by atoms with van der Waals surface area (Å²) in [5.41, 5.74) is 3.25. The van der Waals surface area contributed by atoms with E-state index in [9.17, 15) is 23.6 Å². The number of carbonyl (C=O) groups is 2. The van der Waals surface area contributed by atoms with E-state index in [0.29, 0.717) is 18.4 Å². The van der Waals surface area contributed by atoms with Gasteiger partial charge in [0.15, 0.2) is 6.61 Å². The first-order valence-electron chi connectivity index (χ1n) is 8.81. The number of aromatic nitrogens is 2. The molecule has 1 aliphatic rings. The van der Waals surface area contributed by atoms with Crippen molar-refractivity contribution in [1.82, 2.24) is 9.55 Å². The van der Waals surface area contributed by atoms with Crippen molar-refractivity contribution in [3.63, 3.8) is 0 Å². The second-order valence-corrected chi connectivity index (χ2v) is 6.87. The Bertz CT molecular complexity index is 1030. The van der Waals surface area contributed by atoms with E-state index in [1.54, 1.807) is 12.1 Å². The summed E-state index contributed by atoms with van der Waals surface area (Å²) >= 11 is 0. The van der Waals surface area contributed by atoms with Crippen LogP contribution in [-0.2, 0) is 22.0 Å². The van der Waals surface area contributed by atoms with Crippen molar-refractivity contribution in [3.05, 3.63) is 62.0 Å². The van der Waals surface area contributed by atoms with Crippen LogP contribution in [0, 0.1) is 5.82 Å². The van der Waals surface area contributed by atoms with E-state index >= 15 is 0 Å². The molecule has 1 aromatic heterocycles. The van der Waals surface area contributed by atoms with E-state index in [-0.39, 0.29) is 5.82 Å². The van der Waals surface area contributed by atoms with E-state index in [0.717, 1.165) is 17.4 Å². The number of nitrogens with one attached hydrogen (secondary N) is 1. The molecule has 2 aromatic rings. The Hall–Kier alpha value is -3.23. The molecule has 1 aliphatic carbocycles. The average molecular weight is 389 g/mol. The Balaban J connectivity index is 1.82. The fourth-order valence-corrected chi connectivity index (χ4v) is 3.61. The van der Waals surface area contributed by atoms with Crippen LogP contribution in [0.25, 0.3) is 0 Å². The highest BCUT2D eigenvalue weighted by Crippen LogP contribution is 2.42. The molecular formula is C19H20FN3O5. The summed E-state index contributed by atoms with van der Waals surface area (Å²) in [4.78, 5) is 50.7. The summed E-state index contributed by atoms with van der Waals surface area (Å²) in [6.45, 7) is -0.687. The van der Waals surface area contributed by atoms with Gasteiger partial charge in [-0.05, 0) is 30.5 Å². The van der Waals surface area contributed by atoms with Crippen LogP contribution in [0.4, 0.5) is 10.2 Å². The van der Waals surface area contributed by atoms with E-state index in [1.807, 2.05) is 4.98 Å². The molecule has 3 N–H and O–H groups in total. The number of halogens is 1. The quantitative estimate of drug-likeness (QED) is 0.581. The molecule has 0 bridgehead atoms. The third-order valence-electron chi connectivity index (χ3n) is 5.23. The number of nitrogens with zero attached hydrogens (tertiary/aromatic N) is 1. The Morgan fingerprint density at radius 2 is 1.82 bits per heavy atom. The van der Waals surface area contributed by atoms with Crippen molar-refractivity contribution >= 4 is 17.6 Å². The van der Waals surface area contributed by atoms with Gasteiger partial charge < -0.3 is 10.5 Å². The number of anilines is 1. The van der Waals surface area contributed by atoms with Gasteiger partial charge in [-0.2, -0.15) is 0 Å². The van der Waals surface area contributed by atoms with Crippen LogP contribution >= 0.6 is 0 Å². The zero-order valence-corrected chi connectivity index (χ0v) is 15.3. The first-order chi connectivity index (χ1) is 13.3. The van der Waals surface area contributed by atoms with Gasteiger partial charge in [0, 0.05) is 7.05 Å². The Morgan fingerprint density at radius 1 is 1.21 bits per heavy atom. The zero-order valence-electron chi connectivity index (χ0n) is 15.3. The lowest BCUT2D eigenvalue weighted by Crippen LogP contribution is -2.38. The molecule has 148 valence electrons. The number of hydrogen-bond acceptors (Lipinski definition) is 6. The van der Waals surface area contributed by atoms with E-state index in [2.05, 4.69) is 0 Å². The highest BCUT2D eigenvalue weighted by Gasteiger charge is 2.44. The minimum absolute atomic E-state index is 0.302. The number of esters is 1. The third kappa shape index (κ3) is 3.35. The van der Waals surface area contributed by atoms with E-state index in [1.165, 1.54) is 19.2 Å². The van der Waals surface area contributed by atoms with Gasteiger partial charge in [0.1, 0.15) is 17.2 Å². The summed E-state index contributed by atoms with van der Waals surface area (Å²) in [6.07, 6.45) is 2.64. The van der Waals surface area contributed by atoms with Crippen LogP contribution in [0.1, 0.15) is 41.6 Å². The normalized spacial score (nSPS) is 15.4. The molecule has 0 saturated heterocycles. The van der Waals surface area contributed by atoms with Crippen LogP contribution in [0.15, 0.2) is 33.9 Å². The number of aromatic amines is 1. The van der Waals surface area contributed by atoms with Gasteiger partial charge in [0.05, 0.1) is 5.41 Å². The molecule has 1 fully saturated rings. The zero-order chi connectivity index (χ0) is 20.5. The first-order valence-corrected chi connectivity index (χ1v) is 8.81. The van der Waals surface area contributed by atoms with Crippen molar-refractivity contribution in [3.8, 4) is 0 Å². The number of nitrogens with two attached hydrogens (primary N) is 1. The van der Waals surface area contributed by atoms with Gasteiger partial charge in [0.25, 0.3) is 5.56 Å². The minimum atomic E-state index is -0.949. The Kier molecular flexibility index (Phi) is 5.17.